The van der Waals surface area contributed by atoms with E-state index >= 15 is 0 Å². The lowest BCUT2D eigenvalue weighted by Crippen LogP contribution is -2.25. The third-order valence-electron chi connectivity index (χ3n) is 3.57. The Morgan fingerprint density at radius 1 is 0.952 bits per heavy atom. The zero-order chi connectivity index (χ0) is 14.3. The zero-order valence-electron chi connectivity index (χ0n) is 11.9. The number of hydrogen-bond donors (Lipinski definition) is 2. The highest BCUT2D eigenvalue weighted by Crippen LogP contribution is 2.19. The molecule has 0 aliphatic carbocycles. The molecular weight excluding hydrogens is 258 g/mol. The standard InChI is InChI=1S/C18H19N3/c1-3-7-15(8-4-1)11-12-20-18(17-13-19-14-21-17)16-9-5-2-6-10-16/h1-10,13-14,18,20H,11-12H2,(H,19,21). The number of aromatic nitrogens is 2. The van der Waals surface area contributed by atoms with Gasteiger partial charge in [0.1, 0.15) is 0 Å². The molecule has 0 aliphatic rings. The normalized spacial score (nSPS) is 12.2. The van der Waals surface area contributed by atoms with Crippen molar-refractivity contribution in [3.8, 4) is 0 Å². The van der Waals surface area contributed by atoms with E-state index in [2.05, 4.69) is 63.8 Å². The van der Waals surface area contributed by atoms with Gasteiger partial charge in [-0.3, -0.25) is 0 Å². The monoisotopic (exact) mass is 277 g/mol. The lowest BCUT2D eigenvalue weighted by molar-refractivity contribution is 0.595. The molecule has 3 nitrogen and oxygen atoms in total. The lowest BCUT2D eigenvalue weighted by atomic mass is 10.0. The summed E-state index contributed by atoms with van der Waals surface area (Å²) >= 11 is 0. The third-order valence-corrected chi connectivity index (χ3v) is 3.57. The summed E-state index contributed by atoms with van der Waals surface area (Å²) in [6.45, 7) is 0.919. The number of hydrogen-bond acceptors (Lipinski definition) is 2. The molecule has 0 fully saturated rings. The molecule has 0 aliphatic heterocycles. The van der Waals surface area contributed by atoms with Gasteiger partial charge in [0.25, 0.3) is 0 Å². The highest BCUT2D eigenvalue weighted by atomic mass is 15.0. The maximum Gasteiger partial charge on any atom is 0.0922 e. The van der Waals surface area contributed by atoms with Crippen LogP contribution in [-0.4, -0.2) is 16.5 Å². The minimum atomic E-state index is 0.150. The molecule has 1 heterocycles. The summed E-state index contributed by atoms with van der Waals surface area (Å²) in [5, 5.41) is 3.62. The van der Waals surface area contributed by atoms with Crippen LogP contribution in [0.1, 0.15) is 22.9 Å². The predicted molar refractivity (Wildman–Crippen MR) is 85.0 cm³/mol. The highest BCUT2D eigenvalue weighted by Gasteiger charge is 2.14. The fraction of sp³-hybridized carbons (Fsp3) is 0.167. The van der Waals surface area contributed by atoms with E-state index in [4.69, 9.17) is 0 Å². The highest BCUT2D eigenvalue weighted by molar-refractivity contribution is 5.26. The minimum Gasteiger partial charge on any atom is -0.347 e. The second-order valence-corrected chi connectivity index (χ2v) is 5.04. The average Bonchev–Trinajstić information content (AvgIpc) is 3.07. The molecule has 2 N–H and O–H groups in total. The maximum absolute atomic E-state index is 4.14. The van der Waals surface area contributed by atoms with Gasteiger partial charge in [0, 0.05) is 12.7 Å². The number of nitrogens with zero attached hydrogens (tertiary/aromatic N) is 1. The first kappa shape index (κ1) is 13.6. The molecule has 2 aromatic carbocycles. The Morgan fingerprint density at radius 2 is 1.67 bits per heavy atom. The van der Waals surface area contributed by atoms with Crippen molar-refractivity contribution in [2.75, 3.05) is 6.54 Å². The van der Waals surface area contributed by atoms with E-state index in [0.717, 1.165) is 18.7 Å². The van der Waals surface area contributed by atoms with Gasteiger partial charge >= 0.3 is 0 Å². The summed E-state index contributed by atoms with van der Waals surface area (Å²) in [4.78, 5) is 7.35. The molecule has 21 heavy (non-hydrogen) atoms. The molecule has 1 atom stereocenters. The van der Waals surface area contributed by atoms with Crippen LogP contribution in [0.4, 0.5) is 0 Å². The van der Waals surface area contributed by atoms with Crippen molar-refractivity contribution < 1.29 is 0 Å². The van der Waals surface area contributed by atoms with Gasteiger partial charge in [-0.25, -0.2) is 4.98 Å². The third kappa shape index (κ3) is 3.58. The van der Waals surface area contributed by atoms with Gasteiger partial charge in [0.2, 0.25) is 0 Å². The van der Waals surface area contributed by atoms with Crippen LogP contribution in [0.25, 0.3) is 0 Å². The Bertz CT molecular complexity index is 633. The molecule has 1 aromatic heterocycles. The molecule has 3 rings (SSSR count). The van der Waals surface area contributed by atoms with Crippen LogP contribution in [-0.2, 0) is 6.42 Å². The number of aromatic amines is 1. The van der Waals surface area contributed by atoms with Crippen molar-refractivity contribution in [2.24, 2.45) is 0 Å². The van der Waals surface area contributed by atoms with Gasteiger partial charge in [0.15, 0.2) is 0 Å². The Balaban J connectivity index is 1.69. The Labute approximate surface area is 125 Å². The Morgan fingerprint density at radius 3 is 2.33 bits per heavy atom. The summed E-state index contributed by atoms with van der Waals surface area (Å²) in [5.41, 5.74) is 3.69. The molecule has 0 saturated heterocycles. The zero-order valence-corrected chi connectivity index (χ0v) is 11.9. The number of nitrogens with one attached hydrogen (secondary N) is 2. The second kappa shape index (κ2) is 6.86. The SMILES string of the molecule is c1ccc(CCNC(c2ccccc2)c2cnc[nH]2)cc1. The average molecular weight is 277 g/mol. The largest absolute Gasteiger partial charge is 0.347 e. The first-order chi connectivity index (χ1) is 10.4. The molecule has 0 radical (unpaired) electrons. The van der Waals surface area contributed by atoms with Crippen LogP contribution in [0.15, 0.2) is 73.2 Å². The molecule has 1 unspecified atom stereocenters. The molecular formula is C18H19N3. The smallest absolute Gasteiger partial charge is 0.0922 e. The van der Waals surface area contributed by atoms with Gasteiger partial charge in [-0.05, 0) is 17.5 Å². The number of rotatable bonds is 6. The van der Waals surface area contributed by atoms with Gasteiger partial charge in [0.05, 0.1) is 18.1 Å². The lowest BCUT2D eigenvalue weighted by Gasteiger charge is -2.18. The molecule has 0 amide bonds. The van der Waals surface area contributed by atoms with Crippen LogP contribution in [0.5, 0.6) is 0 Å². The Hall–Kier alpha value is -2.39. The van der Waals surface area contributed by atoms with Crippen LogP contribution in [0.2, 0.25) is 0 Å². The second-order valence-electron chi connectivity index (χ2n) is 5.04. The summed E-state index contributed by atoms with van der Waals surface area (Å²) in [5.74, 6) is 0. The van der Waals surface area contributed by atoms with E-state index < -0.39 is 0 Å². The fourth-order valence-corrected chi connectivity index (χ4v) is 2.48. The van der Waals surface area contributed by atoms with Crippen LogP contribution < -0.4 is 5.32 Å². The molecule has 0 saturated carbocycles. The van der Waals surface area contributed by atoms with Gasteiger partial charge < -0.3 is 10.3 Å². The van der Waals surface area contributed by atoms with Gasteiger partial charge in [-0.1, -0.05) is 60.7 Å². The van der Waals surface area contributed by atoms with Gasteiger partial charge in [-0.2, -0.15) is 0 Å². The number of imidazole rings is 1. The molecule has 106 valence electrons. The summed E-state index contributed by atoms with van der Waals surface area (Å²) < 4.78 is 0. The Kier molecular flexibility index (Phi) is 4.44. The molecule has 3 heteroatoms. The van der Waals surface area contributed by atoms with E-state index in [1.54, 1.807) is 6.33 Å². The van der Waals surface area contributed by atoms with Gasteiger partial charge in [-0.15, -0.1) is 0 Å². The summed E-state index contributed by atoms with van der Waals surface area (Å²) in [6.07, 6.45) is 4.62. The van der Waals surface area contributed by atoms with Crippen LogP contribution >= 0.6 is 0 Å². The van der Waals surface area contributed by atoms with Crippen molar-refractivity contribution in [3.63, 3.8) is 0 Å². The van der Waals surface area contributed by atoms with Crippen molar-refractivity contribution in [3.05, 3.63) is 90.0 Å². The first-order valence-corrected chi connectivity index (χ1v) is 7.24. The minimum absolute atomic E-state index is 0.150. The topological polar surface area (TPSA) is 40.7 Å². The van der Waals surface area contributed by atoms with E-state index in [9.17, 15) is 0 Å². The first-order valence-electron chi connectivity index (χ1n) is 7.24. The summed E-state index contributed by atoms with van der Waals surface area (Å²) in [6, 6.07) is 21.1. The van der Waals surface area contributed by atoms with E-state index in [1.165, 1.54) is 11.1 Å². The van der Waals surface area contributed by atoms with Crippen molar-refractivity contribution >= 4 is 0 Å². The van der Waals surface area contributed by atoms with E-state index in [-0.39, 0.29) is 6.04 Å². The molecule has 0 bridgehead atoms. The molecule has 3 aromatic rings. The summed E-state index contributed by atoms with van der Waals surface area (Å²) in [7, 11) is 0. The van der Waals surface area contributed by atoms with Crippen molar-refractivity contribution in [1.82, 2.24) is 15.3 Å². The molecule has 0 spiro atoms. The van der Waals surface area contributed by atoms with Crippen LogP contribution in [0.3, 0.4) is 0 Å². The van der Waals surface area contributed by atoms with E-state index in [0.29, 0.717) is 0 Å². The number of benzene rings is 2. The fourth-order valence-electron chi connectivity index (χ4n) is 2.48. The van der Waals surface area contributed by atoms with Crippen molar-refractivity contribution in [2.45, 2.75) is 12.5 Å². The van der Waals surface area contributed by atoms with Crippen molar-refractivity contribution in [1.29, 1.82) is 0 Å². The van der Waals surface area contributed by atoms with E-state index in [1.807, 2.05) is 18.3 Å². The number of H-pyrrole nitrogens is 1. The predicted octanol–water partition coefficient (Wildman–Crippen LogP) is 3.33. The quantitative estimate of drug-likeness (QED) is 0.725. The van der Waals surface area contributed by atoms with Crippen LogP contribution in [0, 0.1) is 0 Å². The maximum atomic E-state index is 4.14.